The van der Waals surface area contributed by atoms with Gasteiger partial charge in [0.1, 0.15) is 5.69 Å². The second kappa shape index (κ2) is 13.7. The Morgan fingerprint density at radius 1 is 0.848 bits per heavy atom. The Morgan fingerprint density at radius 3 is 2.41 bits per heavy atom. The van der Waals surface area contributed by atoms with Crippen LogP contribution in [0.2, 0.25) is 0 Å². The van der Waals surface area contributed by atoms with Crippen molar-refractivity contribution >= 4 is 28.6 Å². The summed E-state index contributed by atoms with van der Waals surface area (Å²) in [5.74, 6) is 0.413. The Morgan fingerprint density at radius 2 is 1.63 bits per heavy atom. The second-order valence-electron chi connectivity index (χ2n) is 11.5. The quantitative estimate of drug-likeness (QED) is 0.257. The van der Waals surface area contributed by atoms with E-state index >= 15 is 0 Å². The van der Waals surface area contributed by atoms with Crippen molar-refractivity contribution in [2.45, 2.75) is 31.5 Å². The number of carbonyl (C=O) groups excluding carboxylic acids is 1. The fourth-order valence-corrected chi connectivity index (χ4v) is 5.93. The van der Waals surface area contributed by atoms with Crippen LogP contribution in [-0.2, 0) is 16.1 Å². The van der Waals surface area contributed by atoms with Gasteiger partial charge in [0.05, 0.1) is 36.0 Å². The molecule has 0 unspecified atom stereocenters. The number of nitrogens with zero attached hydrogens (tertiary/aromatic N) is 6. The number of rotatable bonds is 8. The number of aliphatic hydroxyl groups excluding tert-OH is 1. The molecule has 0 saturated carbocycles. The average molecular weight is 618 g/mol. The van der Waals surface area contributed by atoms with Crippen LogP contribution in [0.25, 0.3) is 11.0 Å². The molecule has 2 fully saturated rings. The molecule has 234 valence electrons. The van der Waals surface area contributed by atoms with Gasteiger partial charge in [-0.3, -0.25) is 14.7 Å². The van der Waals surface area contributed by atoms with Gasteiger partial charge in [-0.05, 0) is 41.5 Å². The highest BCUT2D eigenvalue weighted by atomic mass is 16.7. The van der Waals surface area contributed by atoms with Crippen molar-refractivity contribution in [3.63, 3.8) is 0 Å². The second-order valence-corrected chi connectivity index (χ2v) is 11.5. The van der Waals surface area contributed by atoms with Crippen LogP contribution >= 0.6 is 0 Å². The van der Waals surface area contributed by atoms with Crippen molar-refractivity contribution in [2.75, 3.05) is 42.9 Å². The van der Waals surface area contributed by atoms with Gasteiger partial charge in [0, 0.05) is 62.8 Å². The minimum Gasteiger partial charge on any atom is -0.392 e. The molecule has 0 radical (unpaired) electrons. The molecular formula is C35H35N7O4. The Balaban J connectivity index is 1.07. The van der Waals surface area contributed by atoms with Crippen molar-refractivity contribution < 1.29 is 19.4 Å². The summed E-state index contributed by atoms with van der Waals surface area (Å²) in [6, 6.07) is 24.7. The number of amides is 1. The minimum atomic E-state index is -0.641. The summed E-state index contributed by atoms with van der Waals surface area (Å²) in [7, 11) is 0. The van der Waals surface area contributed by atoms with E-state index < -0.39 is 6.29 Å². The summed E-state index contributed by atoms with van der Waals surface area (Å²) >= 11 is 0. The summed E-state index contributed by atoms with van der Waals surface area (Å²) in [6.45, 7) is 4.17. The van der Waals surface area contributed by atoms with Crippen molar-refractivity contribution in [3.8, 4) is 0 Å². The van der Waals surface area contributed by atoms with Gasteiger partial charge >= 0.3 is 0 Å². The Bertz CT molecular complexity index is 1780. The van der Waals surface area contributed by atoms with Crippen molar-refractivity contribution in [2.24, 2.45) is 0 Å². The van der Waals surface area contributed by atoms with Gasteiger partial charge in [0.15, 0.2) is 6.29 Å². The fraction of sp³-hybridized carbons (Fsp3) is 0.286. The first-order chi connectivity index (χ1) is 22.6. The van der Waals surface area contributed by atoms with Crippen LogP contribution < -0.4 is 10.2 Å². The van der Waals surface area contributed by atoms with E-state index in [2.05, 4.69) is 35.1 Å². The van der Waals surface area contributed by atoms with Crippen LogP contribution in [-0.4, -0.2) is 74.7 Å². The highest BCUT2D eigenvalue weighted by Crippen LogP contribution is 2.39. The highest BCUT2D eigenvalue weighted by molar-refractivity contribution is 6.03. The first kappa shape index (κ1) is 29.9. The maximum Gasteiger partial charge on any atom is 0.275 e. The third-order valence-electron chi connectivity index (χ3n) is 8.38. The Labute approximate surface area is 266 Å². The lowest BCUT2D eigenvalue weighted by Crippen LogP contribution is -2.50. The van der Waals surface area contributed by atoms with Crippen LogP contribution in [0.4, 0.5) is 11.6 Å². The molecule has 2 N–H and O–H groups in total. The molecule has 7 rings (SSSR count). The van der Waals surface area contributed by atoms with E-state index in [-0.39, 0.29) is 30.4 Å². The van der Waals surface area contributed by atoms with Gasteiger partial charge < -0.3 is 24.8 Å². The fourth-order valence-electron chi connectivity index (χ4n) is 5.93. The molecule has 0 spiro atoms. The standard InChI is InChI=1S/C35H35N7O4/c43-23-24-9-11-25(12-10-24)32-20-28(22-41-15-17-42(18-16-41)35-36-13-4-14-37-35)45-34(46-32)26-5-3-6-27(19-26)39-33(44)31-21-38-29-7-1-2-8-30(29)40-31/h1-14,19,21,28,32,34,43H,15-18,20,22-23H2,(H,39,44)/t28-,32+,34+/m1/s1. The number of para-hydroxylation sites is 2. The number of hydrogen-bond acceptors (Lipinski definition) is 10. The van der Waals surface area contributed by atoms with Crippen molar-refractivity contribution in [1.29, 1.82) is 0 Å². The lowest BCUT2D eigenvalue weighted by Gasteiger charge is -2.40. The molecule has 2 aliphatic rings. The number of aliphatic hydroxyl groups is 1. The third kappa shape index (κ3) is 6.87. The lowest BCUT2D eigenvalue weighted by atomic mass is 9.99. The summed E-state index contributed by atoms with van der Waals surface area (Å²) in [4.78, 5) is 35.4. The normalized spacial score (nSPS) is 20.5. The first-order valence-corrected chi connectivity index (χ1v) is 15.5. The molecule has 4 heterocycles. The number of carbonyl (C=O) groups is 1. The SMILES string of the molecule is O=C(Nc1cccc([C@H]2O[C@@H](CN3CCN(c4ncccn4)CC3)C[C@@H](c3ccc(CO)cc3)O2)c1)c1cnc2ccccc2n1. The molecule has 2 saturated heterocycles. The van der Waals surface area contributed by atoms with Gasteiger partial charge in [-0.1, -0.05) is 48.5 Å². The number of anilines is 2. The summed E-state index contributed by atoms with van der Waals surface area (Å²) < 4.78 is 13.2. The zero-order valence-electron chi connectivity index (χ0n) is 25.3. The number of aromatic nitrogens is 4. The van der Waals surface area contributed by atoms with E-state index in [4.69, 9.17) is 9.47 Å². The maximum absolute atomic E-state index is 13.1. The molecule has 46 heavy (non-hydrogen) atoms. The monoisotopic (exact) mass is 617 g/mol. The van der Waals surface area contributed by atoms with Crippen LogP contribution in [0, 0.1) is 0 Å². The maximum atomic E-state index is 13.1. The molecule has 2 aliphatic heterocycles. The topological polar surface area (TPSA) is 126 Å². The molecule has 11 nitrogen and oxygen atoms in total. The van der Waals surface area contributed by atoms with Crippen LogP contribution in [0.15, 0.2) is 97.5 Å². The smallest absolute Gasteiger partial charge is 0.275 e. The number of hydrogen-bond donors (Lipinski definition) is 2. The molecule has 3 aromatic carbocycles. The lowest BCUT2D eigenvalue weighted by molar-refractivity contribution is -0.253. The van der Waals surface area contributed by atoms with Crippen LogP contribution in [0.1, 0.15) is 46.0 Å². The number of benzene rings is 3. The zero-order chi connectivity index (χ0) is 31.3. The largest absolute Gasteiger partial charge is 0.392 e. The van der Waals surface area contributed by atoms with E-state index in [1.54, 1.807) is 12.4 Å². The number of piperazine rings is 1. The minimum absolute atomic E-state index is 0.0105. The van der Waals surface area contributed by atoms with Crippen LogP contribution in [0.5, 0.6) is 0 Å². The van der Waals surface area contributed by atoms with Crippen molar-refractivity contribution in [3.05, 3.63) is 120 Å². The van der Waals surface area contributed by atoms with E-state index in [9.17, 15) is 9.90 Å². The predicted octanol–water partition coefficient (Wildman–Crippen LogP) is 4.53. The van der Waals surface area contributed by atoms with Crippen molar-refractivity contribution in [1.82, 2.24) is 24.8 Å². The molecule has 1 amide bonds. The number of nitrogens with one attached hydrogen (secondary N) is 1. The van der Waals surface area contributed by atoms with E-state index in [0.29, 0.717) is 17.6 Å². The summed E-state index contributed by atoms with van der Waals surface area (Å²) in [5, 5.41) is 12.5. The molecule has 3 atom stereocenters. The Kier molecular flexibility index (Phi) is 8.88. The van der Waals surface area contributed by atoms with Gasteiger partial charge in [-0.25, -0.2) is 15.0 Å². The zero-order valence-corrected chi connectivity index (χ0v) is 25.3. The number of ether oxygens (including phenoxy) is 2. The van der Waals surface area contributed by atoms with Gasteiger partial charge in [0.25, 0.3) is 5.91 Å². The predicted molar refractivity (Wildman–Crippen MR) is 173 cm³/mol. The number of fused-ring (bicyclic) bond motifs is 1. The first-order valence-electron chi connectivity index (χ1n) is 15.5. The van der Waals surface area contributed by atoms with Gasteiger partial charge in [0.2, 0.25) is 5.95 Å². The average Bonchev–Trinajstić information content (AvgIpc) is 3.12. The molecule has 11 heteroatoms. The van der Waals surface area contributed by atoms with Gasteiger partial charge in [-0.2, -0.15) is 0 Å². The molecule has 0 bridgehead atoms. The highest BCUT2D eigenvalue weighted by Gasteiger charge is 2.34. The molecule has 0 aliphatic carbocycles. The third-order valence-corrected chi connectivity index (χ3v) is 8.38. The summed E-state index contributed by atoms with van der Waals surface area (Å²) in [6.07, 6.45) is 4.78. The van der Waals surface area contributed by atoms with E-state index in [1.807, 2.05) is 78.9 Å². The molecular weight excluding hydrogens is 582 g/mol. The molecule has 2 aromatic heterocycles. The molecule has 5 aromatic rings. The Hall–Kier alpha value is -4.81. The summed E-state index contributed by atoms with van der Waals surface area (Å²) in [5.41, 5.74) is 4.91. The van der Waals surface area contributed by atoms with E-state index in [1.165, 1.54) is 6.20 Å². The van der Waals surface area contributed by atoms with Crippen LogP contribution in [0.3, 0.4) is 0 Å². The van der Waals surface area contributed by atoms with E-state index in [0.717, 1.165) is 60.9 Å². The van der Waals surface area contributed by atoms with Gasteiger partial charge in [-0.15, -0.1) is 0 Å².